The number of hydrogen-bond donors (Lipinski definition) is 0. The Kier molecular flexibility index (Phi) is 7.18. The molecule has 1 fully saturated rings. The van der Waals surface area contributed by atoms with Crippen LogP contribution in [0.4, 0.5) is 0 Å². The van der Waals surface area contributed by atoms with Gasteiger partial charge in [0.25, 0.3) is 0 Å². The Morgan fingerprint density at radius 3 is 2.32 bits per heavy atom. The molecule has 2 aromatic rings. The summed E-state index contributed by atoms with van der Waals surface area (Å²) in [5.74, 6) is 0.423. The van der Waals surface area contributed by atoms with Gasteiger partial charge >= 0.3 is 0 Å². The third-order valence-corrected chi connectivity index (χ3v) is 5.53. The summed E-state index contributed by atoms with van der Waals surface area (Å²) in [7, 11) is 1.88. The number of carbonyl (C=O) groups is 2. The van der Waals surface area contributed by atoms with Gasteiger partial charge in [0, 0.05) is 51.4 Å². The zero-order valence-electron chi connectivity index (χ0n) is 16.6. The molecule has 0 radical (unpaired) electrons. The van der Waals surface area contributed by atoms with Crippen LogP contribution in [0.25, 0.3) is 0 Å². The Balaban J connectivity index is 1.40. The largest absolute Gasteiger partial charge is 0.345 e. The molecular formula is C23H29N3O2. The number of benzene rings is 1. The molecule has 0 N–H and O–H groups in total. The van der Waals surface area contributed by atoms with Gasteiger partial charge in [-0.25, -0.2) is 0 Å². The van der Waals surface area contributed by atoms with Crippen molar-refractivity contribution in [3.8, 4) is 0 Å². The predicted molar refractivity (Wildman–Crippen MR) is 110 cm³/mol. The van der Waals surface area contributed by atoms with Crippen LogP contribution in [0.3, 0.4) is 0 Å². The molecule has 148 valence electrons. The molecule has 3 rings (SSSR count). The minimum Gasteiger partial charge on any atom is -0.345 e. The van der Waals surface area contributed by atoms with Gasteiger partial charge in [-0.2, -0.15) is 0 Å². The molecule has 1 aromatic carbocycles. The van der Waals surface area contributed by atoms with E-state index in [0.29, 0.717) is 26.1 Å². The number of likely N-dealkylation sites (tertiary alicyclic amines) is 1. The molecule has 1 aromatic heterocycles. The molecule has 1 aliphatic heterocycles. The van der Waals surface area contributed by atoms with Gasteiger partial charge in [0.2, 0.25) is 11.8 Å². The molecule has 0 bridgehead atoms. The lowest BCUT2D eigenvalue weighted by Crippen LogP contribution is -2.43. The van der Waals surface area contributed by atoms with Crippen LogP contribution in [0.15, 0.2) is 54.9 Å². The van der Waals surface area contributed by atoms with Crippen molar-refractivity contribution in [1.29, 1.82) is 0 Å². The number of pyridine rings is 1. The Hall–Kier alpha value is -2.69. The minimum atomic E-state index is 0.0283. The highest BCUT2D eigenvalue weighted by molar-refractivity contribution is 5.80. The Morgan fingerprint density at radius 1 is 1.00 bits per heavy atom. The second kappa shape index (κ2) is 10.0. The van der Waals surface area contributed by atoms with E-state index in [1.165, 1.54) is 11.1 Å². The van der Waals surface area contributed by atoms with E-state index in [0.717, 1.165) is 25.7 Å². The second-order valence-corrected chi connectivity index (χ2v) is 7.51. The smallest absolute Gasteiger partial charge is 0.225 e. The van der Waals surface area contributed by atoms with Gasteiger partial charge in [0.05, 0.1) is 0 Å². The topological polar surface area (TPSA) is 53.5 Å². The van der Waals surface area contributed by atoms with E-state index in [1.54, 1.807) is 12.4 Å². The molecule has 1 saturated heterocycles. The summed E-state index contributed by atoms with van der Waals surface area (Å²) in [6, 6.07) is 14.1. The number of amides is 2. The highest BCUT2D eigenvalue weighted by Crippen LogP contribution is 2.20. The van der Waals surface area contributed by atoms with Crippen molar-refractivity contribution in [2.24, 2.45) is 5.92 Å². The van der Waals surface area contributed by atoms with E-state index in [9.17, 15) is 9.59 Å². The molecular weight excluding hydrogens is 350 g/mol. The molecule has 0 unspecified atom stereocenters. The van der Waals surface area contributed by atoms with E-state index in [2.05, 4.69) is 17.1 Å². The third kappa shape index (κ3) is 5.65. The molecule has 0 spiro atoms. The van der Waals surface area contributed by atoms with Crippen LogP contribution in [0.5, 0.6) is 0 Å². The maximum Gasteiger partial charge on any atom is 0.225 e. The van der Waals surface area contributed by atoms with E-state index < -0.39 is 0 Å². The lowest BCUT2D eigenvalue weighted by molar-refractivity contribution is -0.139. The molecule has 5 heteroatoms. The molecule has 0 aliphatic carbocycles. The van der Waals surface area contributed by atoms with Crippen LogP contribution in [0, 0.1) is 5.92 Å². The average Bonchev–Trinajstić information content (AvgIpc) is 2.77. The first-order chi connectivity index (χ1) is 13.6. The predicted octanol–water partition coefficient (Wildman–Crippen LogP) is 2.95. The highest BCUT2D eigenvalue weighted by Gasteiger charge is 2.28. The second-order valence-electron chi connectivity index (χ2n) is 7.51. The molecule has 2 amide bonds. The van der Waals surface area contributed by atoms with Gasteiger partial charge in [-0.3, -0.25) is 14.6 Å². The Morgan fingerprint density at radius 2 is 1.64 bits per heavy atom. The summed E-state index contributed by atoms with van der Waals surface area (Å²) in [5.41, 5.74) is 2.38. The van der Waals surface area contributed by atoms with Crippen LogP contribution >= 0.6 is 0 Å². The molecule has 28 heavy (non-hydrogen) atoms. The molecule has 1 aliphatic rings. The van der Waals surface area contributed by atoms with E-state index in [1.807, 2.05) is 47.2 Å². The minimum absolute atomic E-state index is 0.0283. The number of carbonyl (C=O) groups excluding carboxylic acids is 2. The van der Waals surface area contributed by atoms with Crippen molar-refractivity contribution < 1.29 is 9.59 Å². The summed E-state index contributed by atoms with van der Waals surface area (Å²) in [6.45, 7) is 2.07. The van der Waals surface area contributed by atoms with Gasteiger partial charge in [-0.1, -0.05) is 30.3 Å². The van der Waals surface area contributed by atoms with Gasteiger partial charge in [-0.15, -0.1) is 0 Å². The average molecular weight is 380 g/mol. The number of likely N-dealkylation sites (N-methyl/N-ethyl adjacent to an activating group) is 1. The van der Waals surface area contributed by atoms with Crippen molar-refractivity contribution >= 4 is 11.8 Å². The molecule has 2 heterocycles. The van der Waals surface area contributed by atoms with E-state index in [-0.39, 0.29) is 17.7 Å². The highest BCUT2D eigenvalue weighted by atomic mass is 16.2. The number of hydrogen-bond acceptors (Lipinski definition) is 3. The monoisotopic (exact) mass is 379 g/mol. The maximum absolute atomic E-state index is 12.7. The van der Waals surface area contributed by atoms with E-state index >= 15 is 0 Å². The van der Waals surface area contributed by atoms with Gasteiger partial charge < -0.3 is 9.80 Å². The maximum atomic E-state index is 12.7. The van der Waals surface area contributed by atoms with Crippen molar-refractivity contribution in [2.75, 3.05) is 26.7 Å². The lowest BCUT2D eigenvalue weighted by Gasteiger charge is -2.33. The van der Waals surface area contributed by atoms with Crippen molar-refractivity contribution in [1.82, 2.24) is 14.8 Å². The third-order valence-electron chi connectivity index (χ3n) is 5.53. The van der Waals surface area contributed by atoms with Crippen LogP contribution in [-0.4, -0.2) is 53.3 Å². The first kappa shape index (κ1) is 20.1. The van der Waals surface area contributed by atoms with Gasteiger partial charge in [0.15, 0.2) is 0 Å². The van der Waals surface area contributed by atoms with E-state index in [4.69, 9.17) is 0 Å². The summed E-state index contributed by atoms with van der Waals surface area (Å²) in [6.07, 6.45) is 7.22. The quantitative estimate of drug-likeness (QED) is 0.743. The van der Waals surface area contributed by atoms with Gasteiger partial charge in [0.1, 0.15) is 0 Å². The standard InChI is InChI=1S/C23H29N3O2/c1-25(16-11-20-9-14-24-15-10-20)23(28)21-12-17-26(18-13-21)22(27)8-7-19-5-3-2-4-6-19/h2-6,9-10,14-15,21H,7-8,11-13,16-18H2,1H3. The zero-order chi connectivity index (χ0) is 19.8. The number of nitrogens with zero attached hydrogens (tertiary/aromatic N) is 3. The zero-order valence-corrected chi connectivity index (χ0v) is 16.6. The fourth-order valence-corrected chi connectivity index (χ4v) is 3.70. The molecule has 0 saturated carbocycles. The number of aromatic nitrogens is 1. The Labute approximate surface area is 167 Å². The summed E-state index contributed by atoms with van der Waals surface area (Å²) >= 11 is 0. The molecule has 0 atom stereocenters. The number of rotatable bonds is 7. The Bertz CT molecular complexity index is 756. The molecule has 5 nitrogen and oxygen atoms in total. The first-order valence-electron chi connectivity index (χ1n) is 10.1. The van der Waals surface area contributed by atoms with Crippen LogP contribution in [0.2, 0.25) is 0 Å². The first-order valence-corrected chi connectivity index (χ1v) is 10.1. The van der Waals surface area contributed by atoms with Gasteiger partial charge in [-0.05, 0) is 48.9 Å². The number of aryl methyl sites for hydroxylation is 1. The summed E-state index contributed by atoms with van der Waals surface area (Å²) in [4.78, 5) is 33.0. The van der Waals surface area contributed by atoms with Crippen molar-refractivity contribution in [2.45, 2.75) is 32.1 Å². The fraction of sp³-hybridized carbons (Fsp3) is 0.435. The van der Waals surface area contributed by atoms with Crippen molar-refractivity contribution in [3.05, 3.63) is 66.0 Å². The summed E-state index contributed by atoms with van der Waals surface area (Å²) in [5, 5.41) is 0. The SMILES string of the molecule is CN(CCc1ccncc1)C(=O)C1CCN(C(=O)CCc2ccccc2)CC1. The lowest BCUT2D eigenvalue weighted by atomic mass is 9.94. The van der Waals surface area contributed by atoms with Crippen molar-refractivity contribution in [3.63, 3.8) is 0 Å². The van der Waals surface area contributed by atoms with Crippen LogP contribution in [-0.2, 0) is 22.4 Å². The number of piperidine rings is 1. The van der Waals surface area contributed by atoms with Crippen LogP contribution < -0.4 is 0 Å². The fourth-order valence-electron chi connectivity index (χ4n) is 3.70. The van der Waals surface area contributed by atoms with Crippen LogP contribution in [0.1, 0.15) is 30.4 Å². The normalized spacial score (nSPS) is 14.7. The summed E-state index contributed by atoms with van der Waals surface area (Å²) < 4.78 is 0.